The number of hydrogen-bond donors (Lipinski definition) is 1. The summed E-state index contributed by atoms with van der Waals surface area (Å²) in [6, 6.07) is 0.544. The van der Waals surface area contributed by atoms with Crippen molar-refractivity contribution in [3.63, 3.8) is 0 Å². The highest BCUT2D eigenvalue weighted by Crippen LogP contribution is 2.35. The van der Waals surface area contributed by atoms with Crippen LogP contribution >= 0.6 is 0 Å². The first-order chi connectivity index (χ1) is 8.24. The van der Waals surface area contributed by atoms with Crippen LogP contribution in [0.15, 0.2) is 0 Å². The second kappa shape index (κ2) is 6.27. The van der Waals surface area contributed by atoms with Crippen LogP contribution in [0.1, 0.15) is 32.6 Å². The lowest BCUT2D eigenvalue weighted by molar-refractivity contribution is -0.179. The van der Waals surface area contributed by atoms with Gasteiger partial charge < -0.3 is 14.8 Å². The van der Waals surface area contributed by atoms with E-state index in [0.717, 1.165) is 56.9 Å². The van der Waals surface area contributed by atoms with Gasteiger partial charge in [0.05, 0.1) is 13.2 Å². The Bertz CT molecular complexity index is 256. The molecule has 17 heavy (non-hydrogen) atoms. The minimum atomic E-state index is -0.652. The van der Waals surface area contributed by atoms with Gasteiger partial charge in [-0.25, -0.2) is 0 Å². The zero-order valence-corrected chi connectivity index (χ0v) is 11.4. The third-order valence-electron chi connectivity index (χ3n) is 3.65. The van der Waals surface area contributed by atoms with Gasteiger partial charge in [-0.1, -0.05) is 6.92 Å². The maximum atomic E-state index is 11.3. The summed E-state index contributed by atoms with van der Waals surface area (Å²) in [6.07, 6.45) is 4.17. The molecule has 1 spiro atoms. The van der Waals surface area contributed by atoms with Gasteiger partial charge >= 0.3 is 0 Å². The Morgan fingerprint density at radius 3 is 2.53 bits per heavy atom. The topological polar surface area (TPSA) is 47.6 Å². The molecule has 0 radical (unpaired) electrons. The van der Waals surface area contributed by atoms with Crippen LogP contribution in [0.2, 0.25) is 0 Å². The number of hydrogen-bond acceptors (Lipinski definition) is 4. The molecule has 4 nitrogen and oxygen atoms in total. The summed E-state index contributed by atoms with van der Waals surface area (Å²) in [5, 5.41) is 3.49. The second-order valence-electron chi connectivity index (χ2n) is 4.77. The first-order valence-electron chi connectivity index (χ1n) is 6.60. The molecule has 0 aromatic carbocycles. The average molecular weight is 261 g/mol. The van der Waals surface area contributed by atoms with E-state index < -0.39 is 10.8 Å². The molecule has 2 aliphatic rings. The molecule has 0 amide bonds. The predicted molar refractivity (Wildman–Crippen MR) is 68.4 cm³/mol. The fourth-order valence-corrected chi connectivity index (χ4v) is 3.20. The van der Waals surface area contributed by atoms with Crippen LogP contribution in [0.25, 0.3) is 0 Å². The van der Waals surface area contributed by atoms with Crippen LogP contribution in [0.3, 0.4) is 0 Å². The van der Waals surface area contributed by atoms with E-state index in [0.29, 0.717) is 6.04 Å². The van der Waals surface area contributed by atoms with Crippen LogP contribution in [0.5, 0.6) is 0 Å². The Balaban J connectivity index is 1.63. The first kappa shape index (κ1) is 13.5. The minimum absolute atomic E-state index is 0.260. The van der Waals surface area contributed by atoms with Crippen molar-refractivity contribution in [1.82, 2.24) is 5.32 Å². The zero-order valence-electron chi connectivity index (χ0n) is 10.6. The molecule has 1 aliphatic carbocycles. The van der Waals surface area contributed by atoms with Gasteiger partial charge in [-0.05, 0) is 12.8 Å². The molecule has 0 aromatic rings. The Kier molecular flexibility index (Phi) is 4.97. The third kappa shape index (κ3) is 3.74. The fraction of sp³-hybridized carbons (Fsp3) is 1.00. The van der Waals surface area contributed by atoms with E-state index in [1.165, 1.54) is 0 Å². The van der Waals surface area contributed by atoms with E-state index in [4.69, 9.17) is 9.47 Å². The highest BCUT2D eigenvalue weighted by Gasteiger charge is 2.39. The minimum Gasteiger partial charge on any atom is -0.348 e. The number of ether oxygens (including phenoxy) is 2. The Labute approximate surface area is 106 Å². The lowest BCUT2D eigenvalue weighted by atomic mass is 9.90. The van der Waals surface area contributed by atoms with Gasteiger partial charge in [0.15, 0.2) is 5.79 Å². The summed E-state index contributed by atoms with van der Waals surface area (Å²) < 4.78 is 22.7. The van der Waals surface area contributed by atoms with Gasteiger partial charge in [0.25, 0.3) is 0 Å². The molecule has 1 atom stereocenters. The maximum absolute atomic E-state index is 11.3. The fourth-order valence-electron chi connectivity index (χ4n) is 2.57. The Hall–Kier alpha value is 0.0300. The maximum Gasteiger partial charge on any atom is 0.168 e. The van der Waals surface area contributed by atoms with Crippen LogP contribution in [-0.2, 0) is 20.3 Å². The van der Waals surface area contributed by atoms with Gasteiger partial charge in [0.2, 0.25) is 0 Å². The SMILES string of the molecule is CCS(=O)CCNC1CCC2(CC1)OCCO2. The molecule has 2 rings (SSSR count). The van der Waals surface area contributed by atoms with Crippen molar-refractivity contribution in [2.24, 2.45) is 0 Å². The van der Waals surface area contributed by atoms with E-state index in [1.807, 2.05) is 6.92 Å². The lowest BCUT2D eigenvalue weighted by Gasteiger charge is -2.35. The predicted octanol–water partition coefficient (Wildman–Crippen LogP) is 1.03. The van der Waals surface area contributed by atoms with E-state index in [-0.39, 0.29) is 5.79 Å². The summed E-state index contributed by atoms with van der Waals surface area (Å²) in [6.45, 7) is 4.32. The zero-order chi connectivity index (χ0) is 12.1. The summed E-state index contributed by atoms with van der Waals surface area (Å²) in [4.78, 5) is 0. The number of nitrogens with one attached hydrogen (secondary N) is 1. The molecular formula is C12H23NO3S. The molecule has 0 bridgehead atoms. The average Bonchev–Trinajstić information content (AvgIpc) is 2.80. The molecule has 1 saturated heterocycles. The quantitative estimate of drug-likeness (QED) is 0.803. The van der Waals surface area contributed by atoms with Gasteiger partial charge in [-0.3, -0.25) is 4.21 Å². The van der Waals surface area contributed by atoms with Gasteiger partial charge in [-0.15, -0.1) is 0 Å². The summed E-state index contributed by atoms with van der Waals surface area (Å²) in [7, 11) is -0.652. The van der Waals surface area contributed by atoms with E-state index in [1.54, 1.807) is 0 Å². The van der Waals surface area contributed by atoms with Crippen molar-refractivity contribution in [3.8, 4) is 0 Å². The molecule has 1 saturated carbocycles. The van der Waals surface area contributed by atoms with Crippen LogP contribution in [0, 0.1) is 0 Å². The van der Waals surface area contributed by atoms with Crippen molar-refractivity contribution >= 4 is 10.8 Å². The number of rotatable bonds is 5. The largest absolute Gasteiger partial charge is 0.348 e. The van der Waals surface area contributed by atoms with Crippen LogP contribution in [-0.4, -0.2) is 47.3 Å². The van der Waals surface area contributed by atoms with Gasteiger partial charge in [0, 0.05) is 47.7 Å². The summed E-state index contributed by atoms with van der Waals surface area (Å²) in [5.41, 5.74) is 0. The van der Waals surface area contributed by atoms with Crippen molar-refractivity contribution in [3.05, 3.63) is 0 Å². The molecule has 5 heteroatoms. The smallest absolute Gasteiger partial charge is 0.168 e. The van der Waals surface area contributed by atoms with Gasteiger partial charge in [0.1, 0.15) is 0 Å². The van der Waals surface area contributed by atoms with E-state index in [2.05, 4.69) is 5.32 Å². The third-order valence-corrected chi connectivity index (χ3v) is 4.95. The second-order valence-corrected chi connectivity index (χ2v) is 6.63. The highest BCUT2D eigenvalue weighted by molar-refractivity contribution is 7.84. The molecule has 1 unspecified atom stereocenters. The van der Waals surface area contributed by atoms with Crippen LogP contribution in [0.4, 0.5) is 0 Å². The highest BCUT2D eigenvalue weighted by atomic mass is 32.2. The molecular weight excluding hydrogens is 238 g/mol. The van der Waals surface area contributed by atoms with Crippen molar-refractivity contribution in [2.45, 2.75) is 44.4 Å². The van der Waals surface area contributed by atoms with Crippen LogP contribution < -0.4 is 5.32 Å². The molecule has 0 aromatic heterocycles. The molecule has 1 heterocycles. The first-order valence-corrected chi connectivity index (χ1v) is 8.09. The molecule has 1 aliphatic heterocycles. The normalized spacial score (nSPS) is 26.4. The monoisotopic (exact) mass is 261 g/mol. The molecule has 100 valence electrons. The summed E-state index contributed by atoms with van der Waals surface area (Å²) in [5.74, 6) is 1.27. The van der Waals surface area contributed by atoms with Crippen molar-refractivity contribution in [1.29, 1.82) is 0 Å². The Morgan fingerprint density at radius 2 is 1.94 bits per heavy atom. The van der Waals surface area contributed by atoms with Crippen molar-refractivity contribution < 1.29 is 13.7 Å². The standard InChI is InChI=1S/C12H23NO3S/c1-2-17(14)10-7-13-11-3-5-12(6-4-11)15-8-9-16-12/h11,13H,2-10H2,1H3. The van der Waals surface area contributed by atoms with Gasteiger partial charge in [-0.2, -0.15) is 0 Å². The van der Waals surface area contributed by atoms with E-state index >= 15 is 0 Å². The van der Waals surface area contributed by atoms with E-state index in [9.17, 15) is 4.21 Å². The molecule has 2 fully saturated rings. The summed E-state index contributed by atoms with van der Waals surface area (Å²) >= 11 is 0. The lowest BCUT2D eigenvalue weighted by Crippen LogP contribution is -2.42. The molecule has 1 N–H and O–H groups in total. The Morgan fingerprint density at radius 1 is 1.29 bits per heavy atom. The van der Waals surface area contributed by atoms with Crippen molar-refractivity contribution in [2.75, 3.05) is 31.3 Å².